The standard InChI is InChI=1S/C16H24N4O2S/c1-3-20-14(11-12(2)17-20)16(22)19-6-4-5-13(19)15(21)18-7-9-23-10-8-18/h11,13H,3-10H2,1-2H3. The number of aromatic nitrogens is 2. The Kier molecular flexibility index (Phi) is 4.94. The minimum atomic E-state index is -0.300. The van der Waals surface area contributed by atoms with Crippen molar-refractivity contribution < 1.29 is 9.59 Å². The molecule has 3 heterocycles. The van der Waals surface area contributed by atoms with Crippen LogP contribution in [0.25, 0.3) is 0 Å². The Labute approximate surface area is 141 Å². The average molecular weight is 336 g/mol. The van der Waals surface area contributed by atoms with Gasteiger partial charge in [0.1, 0.15) is 11.7 Å². The van der Waals surface area contributed by atoms with Crippen molar-refractivity contribution in [2.24, 2.45) is 0 Å². The Hall–Kier alpha value is -1.50. The third kappa shape index (κ3) is 3.24. The number of amides is 2. The summed E-state index contributed by atoms with van der Waals surface area (Å²) in [4.78, 5) is 29.4. The van der Waals surface area contributed by atoms with Crippen molar-refractivity contribution in [3.63, 3.8) is 0 Å². The molecule has 126 valence electrons. The van der Waals surface area contributed by atoms with Crippen LogP contribution in [-0.4, -0.2) is 68.6 Å². The molecule has 1 aromatic rings. The molecular formula is C16H24N4O2S. The summed E-state index contributed by atoms with van der Waals surface area (Å²) in [6, 6.07) is 1.52. The van der Waals surface area contributed by atoms with E-state index < -0.39 is 0 Å². The Balaban J connectivity index is 1.77. The molecule has 0 aliphatic carbocycles. The van der Waals surface area contributed by atoms with Gasteiger partial charge in [-0.15, -0.1) is 0 Å². The number of carbonyl (C=O) groups is 2. The lowest BCUT2D eigenvalue weighted by atomic mass is 10.1. The summed E-state index contributed by atoms with van der Waals surface area (Å²) in [5, 5.41) is 4.35. The van der Waals surface area contributed by atoms with E-state index >= 15 is 0 Å². The quantitative estimate of drug-likeness (QED) is 0.837. The molecule has 0 radical (unpaired) electrons. The van der Waals surface area contributed by atoms with Gasteiger partial charge in [-0.3, -0.25) is 14.3 Å². The van der Waals surface area contributed by atoms with Crippen LogP contribution in [0.1, 0.15) is 35.9 Å². The summed E-state index contributed by atoms with van der Waals surface area (Å²) in [6.07, 6.45) is 1.66. The van der Waals surface area contributed by atoms with Gasteiger partial charge in [0, 0.05) is 37.7 Å². The average Bonchev–Trinajstić information content (AvgIpc) is 3.20. The molecule has 2 aliphatic rings. The van der Waals surface area contributed by atoms with Crippen molar-refractivity contribution in [2.45, 2.75) is 39.3 Å². The van der Waals surface area contributed by atoms with E-state index in [1.165, 1.54) is 0 Å². The lowest BCUT2D eigenvalue weighted by molar-refractivity contribution is -0.134. The molecule has 2 saturated heterocycles. The van der Waals surface area contributed by atoms with Gasteiger partial charge in [0.15, 0.2) is 0 Å². The first-order chi connectivity index (χ1) is 11.1. The predicted octanol–water partition coefficient (Wildman–Crippen LogP) is 1.39. The monoisotopic (exact) mass is 336 g/mol. The zero-order valence-electron chi connectivity index (χ0n) is 13.8. The normalized spacial score (nSPS) is 21.7. The van der Waals surface area contributed by atoms with E-state index in [1.807, 2.05) is 36.6 Å². The minimum absolute atomic E-state index is 0.0605. The van der Waals surface area contributed by atoms with E-state index in [4.69, 9.17) is 0 Å². The van der Waals surface area contributed by atoms with Crippen LogP contribution < -0.4 is 0 Å². The SMILES string of the molecule is CCn1nc(C)cc1C(=O)N1CCCC1C(=O)N1CCSCC1. The molecular weight excluding hydrogens is 312 g/mol. The number of likely N-dealkylation sites (tertiary alicyclic amines) is 1. The lowest BCUT2D eigenvalue weighted by Crippen LogP contribution is -2.50. The van der Waals surface area contributed by atoms with E-state index in [-0.39, 0.29) is 17.9 Å². The van der Waals surface area contributed by atoms with Crippen molar-refractivity contribution in [3.8, 4) is 0 Å². The van der Waals surface area contributed by atoms with Crippen molar-refractivity contribution in [2.75, 3.05) is 31.1 Å². The highest BCUT2D eigenvalue weighted by Gasteiger charge is 2.38. The first-order valence-electron chi connectivity index (χ1n) is 8.33. The lowest BCUT2D eigenvalue weighted by Gasteiger charge is -2.32. The fourth-order valence-electron chi connectivity index (χ4n) is 3.37. The summed E-state index contributed by atoms with van der Waals surface area (Å²) in [6.45, 7) is 6.78. The molecule has 3 rings (SSSR count). The summed E-state index contributed by atoms with van der Waals surface area (Å²) >= 11 is 1.88. The molecule has 0 aromatic carbocycles. The van der Waals surface area contributed by atoms with E-state index in [0.717, 1.165) is 43.1 Å². The molecule has 0 saturated carbocycles. The maximum atomic E-state index is 12.9. The van der Waals surface area contributed by atoms with Crippen LogP contribution in [0.2, 0.25) is 0 Å². The Morgan fingerprint density at radius 3 is 2.74 bits per heavy atom. The second kappa shape index (κ2) is 6.95. The molecule has 0 spiro atoms. The number of rotatable bonds is 3. The zero-order chi connectivity index (χ0) is 16.4. The van der Waals surface area contributed by atoms with Gasteiger partial charge >= 0.3 is 0 Å². The molecule has 0 bridgehead atoms. The molecule has 23 heavy (non-hydrogen) atoms. The predicted molar refractivity (Wildman–Crippen MR) is 90.6 cm³/mol. The van der Waals surface area contributed by atoms with Gasteiger partial charge < -0.3 is 9.80 Å². The number of hydrogen-bond acceptors (Lipinski definition) is 4. The highest BCUT2D eigenvalue weighted by molar-refractivity contribution is 7.99. The van der Waals surface area contributed by atoms with Gasteiger partial charge in [-0.1, -0.05) is 0 Å². The second-order valence-electron chi connectivity index (χ2n) is 6.08. The number of thioether (sulfide) groups is 1. The van der Waals surface area contributed by atoms with Gasteiger partial charge in [-0.2, -0.15) is 16.9 Å². The van der Waals surface area contributed by atoms with Crippen LogP contribution in [0.3, 0.4) is 0 Å². The highest BCUT2D eigenvalue weighted by Crippen LogP contribution is 2.23. The van der Waals surface area contributed by atoms with E-state index in [2.05, 4.69) is 5.10 Å². The molecule has 6 nitrogen and oxygen atoms in total. The maximum absolute atomic E-state index is 12.9. The van der Waals surface area contributed by atoms with E-state index in [0.29, 0.717) is 18.8 Å². The summed E-state index contributed by atoms with van der Waals surface area (Å²) in [5.41, 5.74) is 1.43. The van der Waals surface area contributed by atoms with Crippen molar-refractivity contribution in [3.05, 3.63) is 17.5 Å². The smallest absolute Gasteiger partial charge is 0.272 e. The van der Waals surface area contributed by atoms with Crippen LogP contribution in [0.4, 0.5) is 0 Å². The van der Waals surface area contributed by atoms with Gasteiger partial charge in [-0.05, 0) is 32.8 Å². The fourth-order valence-corrected chi connectivity index (χ4v) is 4.27. The summed E-state index contributed by atoms with van der Waals surface area (Å²) in [5.74, 6) is 2.05. The Morgan fingerprint density at radius 2 is 2.04 bits per heavy atom. The van der Waals surface area contributed by atoms with Gasteiger partial charge in [0.25, 0.3) is 5.91 Å². The number of nitrogens with zero attached hydrogens (tertiary/aromatic N) is 4. The summed E-state index contributed by atoms with van der Waals surface area (Å²) < 4.78 is 1.73. The van der Waals surface area contributed by atoms with Crippen LogP contribution in [0.15, 0.2) is 6.07 Å². The van der Waals surface area contributed by atoms with Crippen molar-refractivity contribution in [1.82, 2.24) is 19.6 Å². The van der Waals surface area contributed by atoms with Gasteiger partial charge in [0.2, 0.25) is 5.91 Å². The van der Waals surface area contributed by atoms with E-state index in [1.54, 1.807) is 9.58 Å². The number of aryl methyl sites for hydroxylation is 2. The Bertz CT molecular complexity index is 595. The Morgan fingerprint density at radius 1 is 1.30 bits per heavy atom. The molecule has 1 aromatic heterocycles. The largest absolute Gasteiger partial charge is 0.339 e. The van der Waals surface area contributed by atoms with Gasteiger partial charge in [-0.25, -0.2) is 0 Å². The van der Waals surface area contributed by atoms with Crippen LogP contribution in [-0.2, 0) is 11.3 Å². The van der Waals surface area contributed by atoms with Crippen LogP contribution >= 0.6 is 11.8 Å². The van der Waals surface area contributed by atoms with Crippen molar-refractivity contribution in [1.29, 1.82) is 0 Å². The van der Waals surface area contributed by atoms with Crippen LogP contribution in [0, 0.1) is 6.92 Å². The second-order valence-corrected chi connectivity index (χ2v) is 7.31. The van der Waals surface area contributed by atoms with Gasteiger partial charge in [0.05, 0.1) is 5.69 Å². The fraction of sp³-hybridized carbons (Fsp3) is 0.688. The molecule has 1 unspecified atom stereocenters. The third-order valence-electron chi connectivity index (χ3n) is 4.54. The highest BCUT2D eigenvalue weighted by atomic mass is 32.2. The molecule has 7 heteroatoms. The molecule has 2 aliphatic heterocycles. The number of carbonyl (C=O) groups excluding carboxylic acids is 2. The third-order valence-corrected chi connectivity index (χ3v) is 5.48. The van der Waals surface area contributed by atoms with E-state index in [9.17, 15) is 9.59 Å². The minimum Gasteiger partial charge on any atom is -0.339 e. The maximum Gasteiger partial charge on any atom is 0.272 e. The molecule has 2 amide bonds. The zero-order valence-corrected chi connectivity index (χ0v) is 14.6. The molecule has 1 atom stereocenters. The molecule has 2 fully saturated rings. The first kappa shape index (κ1) is 16.4. The molecule has 0 N–H and O–H groups in total. The van der Waals surface area contributed by atoms with Crippen LogP contribution in [0.5, 0.6) is 0 Å². The topological polar surface area (TPSA) is 58.4 Å². The van der Waals surface area contributed by atoms with Crippen molar-refractivity contribution >= 4 is 23.6 Å². The number of hydrogen-bond donors (Lipinski definition) is 0. The first-order valence-corrected chi connectivity index (χ1v) is 9.49. The summed E-state index contributed by atoms with van der Waals surface area (Å²) in [7, 11) is 0.